The summed E-state index contributed by atoms with van der Waals surface area (Å²) in [5.74, 6) is 0. The van der Waals surface area contributed by atoms with Gasteiger partial charge in [-0.3, -0.25) is 0 Å². The molecule has 0 aliphatic rings. The Morgan fingerprint density at radius 1 is 1.05 bits per heavy atom. The predicted molar refractivity (Wildman–Crippen MR) is 84.6 cm³/mol. The Morgan fingerprint density at radius 2 is 1.75 bits per heavy atom. The molecule has 0 saturated carbocycles. The van der Waals surface area contributed by atoms with E-state index in [1.54, 1.807) is 36.4 Å². The van der Waals surface area contributed by atoms with Gasteiger partial charge in [-0.05, 0) is 45.8 Å². The summed E-state index contributed by atoms with van der Waals surface area (Å²) in [6, 6.07) is 11.6. The van der Waals surface area contributed by atoms with Crippen molar-refractivity contribution in [1.82, 2.24) is 4.72 Å². The van der Waals surface area contributed by atoms with Crippen LogP contribution in [0.3, 0.4) is 0 Å². The van der Waals surface area contributed by atoms with Crippen molar-refractivity contribution in [1.29, 1.82) is 0 Å². The molecule has 2 rings (SSSR count). The van der Waals surface area contributed by atoms with Crippen molar-refractivity contribution in [2.24, 2.45) is 0 Å². The van der Waals surface area contributed by atoms with Gasteiger partial charge in [0.05, 0.1) is 14.9 Å². The van der Waals surface area contributed by atoms with Gasteiger partial charge in [-0.25, -0.2) is 13.1 Å². The Hall–Kier alpha value is -0.590. The molecule has 7 heteroatoms. The van der Waals surface area contributed by atoms with E-state index in [1.165, 1.54) is 6.07 Å². The number of benzene rings is 2. The summed E-state index contributed by atoms with van der Waals surface area (Å²) in [7, 11) is -3.59. The van der Waals surface area contributed by atoms with Crippen molar-refractivity contribution in [3.8, 4) is 0 Å². The minimum absolute atomic E-state index is 0.139. The van der Waals surface area contributed by atoms with E-state index in [9.17, 15) is 8.42 Å². The topological polar surface area (TPSA) is 46.2 Å². The molecule has 0 fully saturated rings. The van der Waals surface area contributed by atoms with Crippen LogP contribution >= 0.6 is 39.1 Å². The molecule has 1 N–H and O–H groups in total. The first-order valence-electron chi connectivity index (χ1n) is 5.58. The van der Waals surface area contributed by atoms with Crippen LogP contribution in [0.1, 0.15) is 5.56 Å². The molecule has 0 atom stereocenters. The van der Waals surface area contributed by atoms with E-state index >= 15 is 0 Å². The van der Waals surface area contributed by atoms with Crippen LogP contribution in [0.5, 0.6) is 0 Å². The van der Waals surface area contributed by atoms with Gasteiger partial charge in [-0.1, -0.05) is 41.4 Å². The molecule has 2 aromatic carbocycles. The van der Waals surface area contributed by atoms with Gasteiger partial charge in [0.2, 0.25) is 10.0 Å². The van der Waals surface area contributed by atoms with E-state index in [0.29, 0.717) is 14.5 Å². The van der Waals surface area contributed by atoms with Gasteiger partial charge in [0.15, 0.2) is 0 Å². The first kappa shape index (κ1) is 15.8. The summed E-state index contributed by atoms with van der Waals surface area (Å²) >= 11 is 14.9. The van der Waals surface area contributed by atoms with Gasteiger partial charge >= 0.3 is 0 Å². The molecule has 0 unspecified atom stereocenters. The molecule has 0 radical (unpaired) electrons. The van der Waals surface area contributed by atoms with E-state index in [4.69, 9.17) is 23.2 Å². The van der Waals surface area contributed by atoms with Gasteiger partial charge in [0.1, 0.15) is 0 Å². The van der Waals surface area contributed by atoms with Crippen molar-refractivity contribution in [3.63, 3.8) is 0 Å². The number of sulfonamides is 1. The average Bonchev–Trinajstić information content (AvgIpc) is 2.40. The highest BCUT2D eigenvalue weighted by Gasteiger charge is 2.16. The summed E-state index contributed by atoms with van der Waals surface area (Å²) in [5, 5.41) is 0.827. The maximum absolute atomic E-state index is 12.2. The Balaban J connectivity index is 2.17. The minimum atomic E-state index is -3.59. The summed E-state index contributed by atoms with van der Waals surface area (Å²) < 4.78 is 27.4. The number of halogens is 3. The lowest BCUT2D eigenvalue weighted by Gasteiger charge is -2.09. The monoisotopic (exact) mass is 393 g/mol. The van der Waals surface area contributed by atoms with Crippen molar-refractivity contribution >= 4 is 49.2 Å². The quantitative estimate of drug-likeness (QED) is 0.843. The Morgan fingerprint density at radius 3 is 2.40 bits per heavy atom. The zero-order valence-electron chi connectivity index (χ0n) is 10.1. The summed E-state index contributed by atoms with van der Waals surface area (Å²) in [4.78, 5) is 0.195. The lowest BCUT2D eigenvalue weighted by atomic mass is 10.2. The van der Waals surface area contributed by atoms with E-state index in [-0.39, 0.29) is 11.4 Å². The largest absolute Gasteiger partial charge is 0.241 e. The van der Waals surface area contributed by atoms with Gasteiger partial charge in [-0.2, -0.15) is 0 Å². The van der Waals surface area contributed by atoms with E-state index < -0.39 is 10.0 Å². The standard InChI is InChI=1S/C13H10BrCl2NO2S/c14-10-3-1-2-4-13(10)20(18,19)17-8-9-5-6-11(15)12(16)7-9/h1-7,17H,8H2. The molecular formula is C13H10BrCl2NO2S. The van der Waals surface area contributed by atoms with Gasteiger partial charge in [0.25, 0.3) is 0 Å². The molecule has 3 nitrogen and oxygen atoms in total. The first-order valence-corrected chi connectivity index (χ1v) is 8.61. The molecule has 106 valence electrons. The lowest BCUT2D eigenvalue weighted by Crippen LogP contribution is -2.23. The molecule has 0 amide bonds. The second kappa shape index (κ2) is 6.45. The second-order valence-corrected chi connectivity index (χ2v) is 7.41. The fourth-order valence-corrected chi connectivity index (χ4v) is 3.91. The molecular weight excluding hydrogens is 385 g/mol. The van der Waals surface area contributed by atoms with Crippen LogP contribution in [0.2, 0.25) is 10.0 Å². The zero-order chi connectivity index (χ0) is 14.8. The summed E-state index contributed by atoms with van der Waals surface area (Å²) in [6.07, 6.45) is 0. The molecule has 0 aliphatic heterocycles. The molecule has 2 aromatic rings. The number of nitrogens with one attached hydrogen (secondary N) is 1. The molecule has 0 heterocycles. The summed E-state index contributed by atoms with van der Waals surface area (Å²) in [6.45, 7) is 0.139. The smallest absolute Gasteiger partial charge is 0.207 e. The molecule has 20 heavy (non-hydrogen) atoms. The minimum Gasteiger partial charge on any atom is -0.207 e. The van der Waals surface area contributed by atoms with Crippen molar-refractivity contribution in [3.05, 3.63) is 62.5 Å². The highest BCUT2D eigenvalue weighted by Crippen LogP contribution is 2.24. The van der Waals surface area contributed by atoms with E-state index in [0.717, 1.165) is 5.56 Å². The predicted octanol–water partition coefficient (Wildman–Crippen LogP) is 4.23. The Labute approximate surface area is 136 Å². The van der Waals surface area contributed by atoms with Crippen LogP contribution < -0.4 is 4.72 Å². The molecule has 0 bridgehead atoms. The van der Waals surface area contributed by atoms with Gasteiger partial charge < -0.3 is 0 Å². The van der Waals surface area contributed by atoms with Crippen molar-refractivity contribution < 1.29 is 8.42 Å². The van der Waals surface area contributed by atoms with E-state index in [1.807, 2.05) is 0 Å². The molecule has 0 saturated heterocycles. The van der Waals surface area contributed by atoms with E-state index in [2.05, 4.69) is 20.7 Å². The van der Waals surface area contributed by atoms with Crippen molar-refractivity contribution in [2.75, 3.05) is 0 Å². The van der Waals surface area contributed by atoms with Crippen LogP contribution in [0.15, 0.2) is 51.8 Å². The normalized spacial score (nSPS) is 11.6. The number of hydrogen-bond acceptors (Lipinski definition) is 2. The second-order valence-electron chi connectivity index (χ2n) is 4.00. The molecule has 0 spiro atoms. The van der Waals surface area contributed by atoms with Crippen LogP contribution in [0.25, 0.3) is 0 Å². The Bertz CT molecular complexity index is 735. The Kier molecular flexibility index (Phi) is 5.09. The number of rotatable bonds is 4. The third-order valence-corrected chi connectivity index (χ3v) is 5.73. The summed E-state index contributed by atoms with van der Waals surface area (Å²) in [5.41, 5.74) is 0.732. The van der Waals surface area contributed by atoms with Gasteiger partial charge in [0, 0.05) is 11.0 Å². The van der Waals surface area contributed by atoms with Crippen LogP contribution in [0.4, 0.5) is 0 Å². The maximum atomic E-state index is 12.2. The number of hydrogen-bond donors (Lipinski definition) is 1. The fraction of sp³-hybridized carbons (Fsp3) is 0.0769. The fourth-order valence-electron chi connectivity index (χ4n) is 1.57. The van der Waals surface area contributed by atoms with Gasteiger partial charge in [-0.15, -0.1) is 0 Å². The zero-order valence-corrected chi connectivity index (χ0v) is 14.0. The SMILES string of the molecule is O=S(=O)(NCc1ccc(Cl)c(Cl)c1)c1ccccc1Br. The highest BCUT2D eigenvalue weighted by atomic mass is 79.9. The third-order valence-electron chi connectivity index (χ3n) is 2.58. The molecule has 0 aliphatic carbocycles. The first-order chi connectivity index (χ1) is 9.40. The lowest BCUT2D eigenvalue weighted by molar-refractivity contribution is 0.581. The van der Waals surface area contributed by atoms with Crippen LogP contribution in [0, 0.1) is 0 Å². The maximum Gasteiger partial charge on any atom is 0.241 e. The van der Waals surface area contributed by atoms with Crippen LogP contribution in [-0.4, -0.2) is 8.42 Å². The third kappa shape index (κ3) is 3.74. The average molecular weight is 395 g/mol. The van der Waals surface area contributed by atoms with Crippen molar-refractivity contribution in [2.45, 2.75) is 11.4 Å². The highest BCUT2D eigenvalue weighted by molar-refractivity contribution is 9.10. The van der Waals surface area contributed by atoms with Crippen LogP contribution in [-0.2, 0) is 16.6 Å². The molecule has 0 aromatic heterocycles.